The number of likely N-dealkylation sites (N-methyl/N-ethyl adjacent to an activating group) is 1. The molecule has 2 rings (SSSR count). The van der Waals surface area contributed by atoms with E-state index in [4.69, 9.17) is 11.6 Å². The third-order valence-electron chi connectivity index (χ3n) is 3.36. The number of esters is 1. The van der Waals surface area contributed by atoms with Crippen molar-refractivity contribution >= 4 is 35.1 Å². The van der Waals surface area contributed by atoms with Crippen molar-refractivity contribution in [3.8, 4) is 0 Å². The van der Waals surface area contributed by atoms with Gasteiger partial charge < -0.3 is 15.0 Å². The number of carbonyl (C=O) groups is 3. The van der Waals surface area contributed by atoms with Gasteiger partial charge in [-0.25, -0.2) is 0 Å². The molecular weight excluding hydrogens is 296 g/mol. The van der Waals surface area contributed by atoms with Crippen LogP contribution in [0, 0.1) is 0 Å². The lowest BCUT2D eigenvalue weighted by Crippen LogP contribution is -2.44. The zero-order valence-corrected chi connectivity index (χ0v) is 12.4. The maximum atomic E-state index is 12.4. The summed E-state index contributed by atoms with van der Waals surface area (Å²) in [6, 6.07) is 3.98. The van der Waals surface area contributed by atoms with E-state index in [0.717, 1.165) is 0 Å². The molecule has 7 heteroatoms. The molecule has 0 aromatic heterocycles. The number of halogens is 1. The van der Waals surface area contributed by atoms with Crippen LogP contribution >= 0.6 is 11.6 Å². The van der Waals surface area contributed by atoms with Crippen LogP contribution in [0.15, 0.2) is 18.2 Å². The van der Waals surface area contributed by atoms with Crippen molar-refractivity contribution in [3.05, 3.63) is 28.8 Å². The number of fused-ring (bicyclic) bond motifs is 1. The SMILES string of the molecule is COC(=O)CCC1NC(=O)c2cc(Cl)ccc2N(C)C1=O. The van der Waals surface area contributed by atoms with Crippen LogP contribution in [0.4, 0.5) is 5.69 Å². The van der Waals surface area contributed by atoms with Crippen molar-refractivity contribution in [2.75, 3.05) is 19.1 Å². The predicted molar refractivity (Wildman–Crippen MR) is 77.4 cm³/mol. The molecule has 1 aliphatic heterocycles. The molecule has 1 aliphatic rings. The summed E-state index contributed by atoms with van der Waals surface area (Å²) in [7, 11) is 2.86. The van der Waals surface area contributed by atoms with Crippen LogP contribution in [0.25, 0.3) is 0 Å². The lowest BCUT2D eigenvalue weighted by atomic mass is 10.1. The molecule has 0 fully saturated rings. The molecule has 1 heterocycles. The van der Waals surface area contributed by atoms with Crippen molar-refractivity contribution in [1.82, 2.24) is 5.32 Å². The summed E-state index contributed by atoms with van der Waals surface area (Å²) in [5.74, 6) is -1.10. The lowest BCUT2D eigenvalue weighted by Gasteiger charge is -2.20. The first kappa shape index (κ1) is 15.3. The van der Waals surface area contributed by atoms with Gasteiger partial charge in [0.05, 0.1) is 18.4 Å². The van der Waals surface area contributed by atoms with E-state index in [-0.39, 0.29) is 24.7 Å². The molecule has 0 spiro atoms. The van der Waals surface area contributed by atoms with Crippen molar-refractivity contribution in [3.63, 3.8) is 0 Å². The van der Waals surface area contributed by atoms with E-state index >= 15 is 0 Å². The minimum Gasteiger partial charge on any atom is -0.469 e. The number of hydrogen-bond donors (Lipinski definition) is 1. The highest BCUT2D eigenvalue weighted by Gasteiger charge is 2.32. The van der Waals surface area contributed by atoms with E-state index in [1.54, 1.807) is 19.2 Å². The Hall–Kier alpha value is -2.08. The molecule has 0 saturated heterocycles. The molecule has 0 radical (unpaired) electrons. The van der Waals surface area contributed by atoms with Gasteiger partial charge in [0.15, 0.2) is 0 Å². The van der Waals surface area contributed by atoms with Crippen molar-refractivity contribution in [2.45, 2.75) is 18.9 Å². The number of benzene rings is 1. The van der Waals surface area contributed by atoms with Crippen molar-refractivity contribution in [1.29, 1.82) is 0 Å². The number of ether oxygens (including phenoxy) is 1. The molecule has 21 heavy (non-hydrogen) atoms. The first-order valence-corrected chi connectivity index (χ1v) is 6.76. The van der Waals surface area contributed by atoms with Crippen molar-refractivity contribution in [2.24, 2.45) is 0 Å². The highest BCUT2D eigenvalue weighted by molar-refractivity contribution is 6.31. The zero-order chi connectivity index (χ0) is 15.6. The summed E-state index contributed by atoms with van der Waals surface area (Å²) in [5, 5.41) is 3.04. The number of carbonyl (C=O) groups excluding carboxylic acids is 3. The minimum atomic E-state index is -0.771. The number of methoxy groups -OCH3 is 1. The van der Waals surface area contributed by atoms with E-state index in [1.165, 1.54) is 18.1 Å². The van der Waals surface area contributed by atoms with Gasteiger partial charge >= 0.3 is 5.97 Å². The third kappa shape index (κ3) is 3.16. The fourth-order valence-corrected chi connectivity index (χ4v) is 2.36. The van der Waals surface area contributed by atoms with Crippen LogP contribution < -0.4 is 10.2 Å². The van der Waals surface area contributed by atoms with Gasteiger partial charge in [-0.15, -0.1) is 0 Å². The van der Waals surface area contributed by atoms with Gasteiger partial charge in [-0.3, -0.25) is 14.4 Å². The number of nitrogens with zero attached hydrogens (tertiary/aromatic N) is 1. The van der Waals surface area contributed by atoms with E-state index < -0.39 is 12.0 Å². The molecule has 2 amide bonds. The molecule has 112 valence electrons. The topological polar surface area (TPSA) is 75.7 Å². The van der Waals surface area contributed by atoms with Crippen LogP contribution in [0.3, 0.4) is 0 Å². The first-order chi connectivity index (χ1) is 9.93. The molecule has 6 nitrogen and oxygen atoms in total. The molecule has 1 unspecified atom stereocenters. The standard InChI is InChI=1S/C14H15ClN2O4/c1-17-11-5-3-8(15)7-9(11)13(19)16-10(14(17)20)4-6-12(18)21-2/h3,5,7,10H,4,6H2,1-2H3,(H,16,19). The van der Waals surface area contributed by atoms with E-state index in [9.17, 15) is 14.4 Å². The first-order valence-electron chi connectivity index (χ1n) is 6.39. The molecule has 1 aromatic carbocycles. The average molecular weight is 311 g/mol. The van der Waals surface area contributed by atoms with Gasteiger partial charge in [-0.05, 0) is 24.6 Å². The summed E-state index contributed by atoms with van der Waals surface area (Å²) in [6.45, 7) is 0. The molecule has 0 saturated carbocycles. The molecule has 1 aromatic rings. The zero-order valence-electron chi connectivity index (χ0n) is 11.7. The van der Waals surface area contributed by atoms with Crippen LogP contribution in [0.2, 0.25) is 5.02 Å². The van der Waals surface area contributed by atoms with Gasteiger partial charge in [-0.1, -0.05) is 11.6 Å². The normalized spacial score (nSPS) is 17.9. The Morgan fingerprint density at radius 3 is 2.81 bits per heavy atom. The Bertz CT molecular complexity index is 603. The van der Waals surface area contributed by atoms with Gasteiger partial charge in [0.2, 0.25) is 5.91 Å². The molecule has 1 atom stereocenters. The fourth-order valence-electron chi connectivity index (χ4n) is 2.19. The summed E-state index contributed by atoms with van der Waals surface area (Å²) >= 11 is 5.89. The highest BCUT2D eigenvalue weighted by atomic mass is 35.5. The Morgan fingerprint density at radius 1 is 1.43 bits per heavy atom. The molecule has 1 N–H and O–H groups in total. The minimum absolute atomic E-state index is 0.0537. The Morgan fingerprint density at radius 2 is 2.14 bits per heavy atom. The second-order valence-corrected chi connectivity index (χ2v) is 5.14. The molecule has 0 bridgehead atoms. The summed E-state index contributed by atoms with van der Waals surface area (Å²) in [4.78, 5) is 37.2. The maximum Gasteiger partial charge on any atom is 0.305 e. The fraction of sp³-hybridized carbons (Fsp3) is 0.357. The number of rotatable bonds is 3. The van der Waals surface area contributed by atoms with E-state index in [2.05, 4.69) is 10.1 Å². The number of nitrogens with one attached hydrogen (secondary N) is 1. The van der Waals surface area contributed by atoms with Crippen molar-refractivity contribution < 1.29 is 19.1 Å². The monoisotopic (exact) mass is 310 g/mol. The average Bonchev–Trinajstić information content (AvgIpc) is 2.56. The maximum absolute atomic E-state index is 12.4. The molecule has 0 aliphatic carbocycles. The van der Waals surface area contributed by atoms with Gasteiger partial charge in [0.25, 0.3) is 5.91 Å². The third-order valence-corrected chi connectivity index (χ3v) is 3.60. The second-order valence-electron chi connectivity index (χ2n) is 4.70. The summed E-state index contributed by atoms with van der Waals surface area (Å²) < 4.78 is 4.54. The predicted octanol–water partition coefficient (Wildman–Crippen LogP) is 1.37. The Kier molecular flexibility index (Phi) is 4.47. The van der Waals surface area contributed by atoms with E-state index in [1.807, 2.05) is 0 Å². The highest BCUT2D eigenvalue weighted by Crippen LogP contribution is 2.26. The quantitative estimate of drug-likeness (QED) is 0.856. The van der Waals surface area contributed by atoms with Crippen LogP contribution in [-0.2, 0) is 14.3 Å². The Labute approximate surface area is 127 Å². The molecular formula is C14H15ClN2O4. The largest absolute Gasteiger partial charge is 0.469 e. The second kappa shape index (κ2) is 6.13. The van der Waals surface area contributed by atoms with Gasteiger partial charge in [-0.2, -0.15) is 0 Å². The van der Waals surface area contributed by atoms with Gasteiger partial charge in [0, 0.05) is 18.5 Å². The van der Waals surface area contributed by atoms with Crippen LogP contribution in [0.5, 0.6) is 0 Å². The van der Waals surface area contributed by atoms with Crippen LogP contribution in [0.1, 0.15) is 23.2 Å². The smallest absolute Gasteiger partial charge is 0.305 e. The lowest BCUT2D eigenvalue weighted by molar-refractivity contribution is -0.140. The number of anilines is 1. The summed E-state index contributed by atoms with van der Waals surface area (Å²) in [6.07, 6.45) is 0.238. The summed E-state index contributed by atoms with van der Waals surface area (Å²) in [5.41, 5.74) is 0.821. The van der Waals surface area contributed by atoms with Gasteiger partial charge in [0.1, 0.15) is 6.04 Å². The van der Waals surface area contributed by atoms with Crippen LogP contribution in [-0.4, -0.2) is 38.0 Å². The Balaban J connectivity index is 2.27. The number of hydrogen-bond acceptors (Lipinski definition) is 4. The number of amides is 2. The van der Waals surface area contributed by atoms with E-state index in [0.29, 0.717) is 16.3 Å².